The van der Waals surface area contributed by atoms with Gasteiger partial charge in [0, 0.05) is 15.5 Å². The van der Waals surface area contributed by atoms with Gasteiger partial charge in [-0.15, -0.1) is 0 Å². The molecule has 0 bridgehead atoms. The lowest BCUT2D eigenvalue weighted by Gasteiger charge is -2.30. The van der Waals surface area contributed by atoms with Crippen molar-refractivity contribution in [2.24, 2.45) is 5.41 Å². The van der Waals surface area contributed by atoms with Gasteiger partial charge >= 0.3 is 12.0 Å². The van der Waals surface area contributed by atoms with Crippen LogP contribution in [-0.2, 0) is 4.79 Å². The van der Waals surface area contributed by atoms with Gasteiger partial charge in [0.05, 0.1) is 12.1 Å². The van der Waals surface area contributed by atoms with Crippen LogP contribution in [0.25, 0.3) is 0 Å². The third kappa shape index (κ3) is 5.93. The molecule has 0 aromatic heterocycles. The van der Waals surface area contributed by atoms with Crippen LogP contribution in [-0.4, -0.2) is 23.1 Å². The summed E-state index contributed by atoms with van der Waals surface area (Å²) in [5.74, 6) is -0.959. The Hall–Kier alpha value is -1.27. The maximum Gasteiger partial charge on any atom is 0.319 e. The number of hydrogen-bond acceptors (Lipinski definition) is 2. The van der Waals surface area contributed by atoms with Crippen molar-refractivity contribution in [2.45, 2.75) is 33.2 Å². The number of hydrogen-bond donors (Lipinski definition) is 3. The molecule has 0 heterocycles. The highest BCUT2D eigenvalue weighted by molar-refractivity contribution is 9.10. The summed E-state index contributed by atoms with van der Waals surface area (Å²) in [6, 6.07) is 4.05. The van der Waals surface area contributed by atoms with Crippen molar-refractivity contribution in [1.82, 2.24) is 5.32 Å². The van der Waals surface area contributed by atoms with Crippen LogP contribution in [0.3, 0.4) is 0 Å². The number of carbonyl (C=O) groups is 2. The van der Waals surface area contributed by atoms with Crippen molar-refractivity contribution in [2.75, 3.05) is 5.32 Å². The van der Waals surface area contributed by atoms with Crippen LogP contribution in [0.1, 0.15) is 27.2 Å². The molecule has 0 spiro atoms. The monoisotopic (exact) mass is 376 g/mol. The molecular weight excluding hydrogens is 360 g/mol. The standard InChI is InChI=1S/C14H18BrClN2O3/c1-14(2,3)11(7-12(19)20)18-13(21)17-10-6-8(16)4-5-9(10)15/h4-6,11H,7H2,1-3H3,(H,19,20)(H2,17,18,21). The Labute approximate surface area is 137 Å². The Balaban J connectivity index is 2.78. The van der Waals surface area contributed by atoms with Gasteiger partial charge in [-0.25, -0.2) is 4.79 Å². The van der Waals surface area contributed by atoms with Gasteiger partial charge in [0.1, 0.15) is 0 Å². The number of rotatable bonds is 4. The van der Waals surface area contributed by atoms with Crippen molar-refractivity contribution >= 4 is 45.2 Å². The van der Waals surface area contributed by atoms with Crippen LogP contribution in [0.4, 0.5) is 10.5 Å². The molecule has 5 nitrogen and oxygen atoms in total. The first-order chi connectivity index (χ1) is 9.59. The third-order valence-corrected chi connectivity index (χ3v) is 3.83. The molecule has 21 heavy (non-hydrogen) atoms. The van der Waals surface area contributed by atoms with Crippen LogP contribution < -0.4 is 10.6 Å². The summed E-state index contributed by atoms with van der Waals surface area (Å²) >= 11 is 9.19. The minimum Gasteiger partial charge on any atom is -0.481 e. The molecule has 0 aliphatic heterocycles. The van der Waals surface area contributed by atoms with E-state index in [2.05, 4.69) is 26.6 Å². The normalized spacial score (nSPS) is 12.6. The second-order valence-corrected chi connectivity index (χ2v) is 7.03. The van der Waals surface area contributed by atoms with E-state index in [0.717, 1.165) is 0 Å². The van der Waals surface area contributed by atoms with Crippen LogP contribution in [0.15, 0.2) is 22.7 Å². The Bertz CT molecular complexity index is 544. The fraction of sp³-hybridized carbons (Fsp3) is 0.429. The molecule has 1 rings (SSSR count). The number of carboxylic acid groups (broad SMARTS) is 1. The SMILES string of the molecule is CC(C)(C)C(CC(=O)O)NC(=O)Nc1cc(Cl)ccc1Br. The van der Waals surface area contributed by atoms with Crippen LogP contribution in [0.2, 0.25) is 5.02 Å². The first-order valence-corrected chi connectivity index (χ1v) is 7.51. The smallest absolute Gasteiger partial charge is 0.319 e. The Morgan fingerprint density at radius 1 is 1.38 bits per heavy atom. The van der Waals surface area contributed by atoms with Crippen molar-refractivity contribution in [1.29, 1.82) is 0 Å². The molecule has 116 valence electrons. The highest BCUT2D eigenvalue weighted by Gasteiger charge is 2.28. The summed E-state index contributed by atoms with van der Waals surface area (Å²) in [6.07, 6.45) is -0.145. The molecule has 1 atom stereocenters. The van der Waals surface area contributed by atoms with Crippen LogP contribution in [0.5, 0.6) is 0 Å². The van der Waals surface area contributed by atoms with E-state index < -0.39 is 18.0 Å². The van der Waals surface area contributed by atoms with E-state index in [1.54, 1.807) is 18.2 Å². The Morgan fingerprint density at radius 2 is 2.00 bits per heavy atom. The first-order valence-electron chi connectivity index (χ1n) is 6.34. The van der Waals surface area contributed by atoms with Crippen molar-refractivity contribution in [3.63, 3.8) is 0 Å². The molecular formula is C14H18BrClN2O3. The topological polar surface area (TPSA) is 78.4 Å². The Morgan fingerprint density at radius 3 is 2.52 bits per heavy atom. The maximum absolute atomic E-state index is 12.0. The minimum absolute atomic E-state index is 0.145. The zero-order valence-corrected chi connectivity index (χ0v) is 14.4. The van der Waals surface area contributed by atoms with E-state index in [1.807, 2.05) is 20.8 Å². The Kier molecular flexibility index (Phi) is 6.04. The minimum atomic E-state index is -0.959. The number of anilines is 1. The molecule has 1 unspecified atom stereocenters. The van der Waals surface area contributed by atoms with Gasteiger partial charge in [-0.1, -0.05) is 32.4 Å². The average Bonchev–Trinajstić information content (AvgIpc) is 2.31. The van der Waals surface area contributed by atoms with Gasteiger partial charge < -0.3 is 15.7 Å². The molecule has 0 saturated heterocycles. The fourth-order valence-electron chi connectivity index (χ4n) is 1.66. The predicted molar refractivity (Wildman–Crippen MR) is 86.8 cm³/mol. The lowest BCUT2D eigenvalue weighted by Crippen LogP contribution is -2.46. The van der Waals surface area contributed by atoms with Crippen LogP contribution >= 0.6 is 27.5 Å². The van der Waals surface area contributed by atoms with Crippen LogP contribution in [0, 0.1) is 5.41 Å². The van der Waals surface area contributed by atoms with Gasteiger partial charge in [0.15, 0.2) is 0 Å². The third-order valence-electron chi connectivity index (χ3n) is 2.91. The fourth-order valence-corrected chi connectivity index (χ4v) is 2.18. The molecule has 7 heteroatoms. The predicted octanol–water partition coefficient (Wildman–Crippen LogP) is 4.11. The molecule has 3 N–H and O–H groups in total. The molecule has 2 amide bonds. The van der Waals surface area contributed by atoms with Gasteiger partial charge in [-0.3, -0.25) is 4.79 Å². The van der Waals surface area contributed by atoms with E-state index in [-0.39, 0.29) is 11.8 Å². The molecule has 0 radical (unpaired) electrons. The summed E-state index contributed by atoms with van der Waals surface area (Å²) in [4.78, 5) is 22.9. The number of carbonyl (C=O) groups excluding carboxylic acids is 1. The quantitative estimate of drug-likeness (QED) is 0.738. The van der Waals surface area contributed by atoms with Gasteiger partial charge in [-0.05, 0) is 39.5 Å². The van der Waals surface area contributed by atoms with Crippen molar-refractivity contribution in [3.8, 4) is 0 Å². The average molecular weight is 378 g/mol. The number of amides is 2. The number of halogens is 2. The molecule has 0 saturated carbocycles. The zero-order valence-electron chi connectivity index (χ0n) is 12.0. The number of urea groups is 1. The van der Waals surface area contributed by atoms with Crippen molar-refractivity contribution in [3.05, 3.63) is 27.7 Å². The lowest BCUT2D eigenvalue weighted by molar-refractivity contribution is -0.138. The maximum atomic E-state index is 12.0. The summed E-state index contributed by atoms with van der Waals surface area (Å²) in [7, 11) is 0. The molecule has 1 aromatic carbocycles. The largest absolute Gasteiger partial charge is 0.481 e. The van der Waals surface area contributed by atoms with E-state index in [1.165, 1.54) is 0 Å². The molecule has 0 fully saturated rings. The second-order valence-electron chi connectivity index (χ2n) is 5.74. The molecule has 1 aromatic rings. The summed E-state index contributed by atoms with van der Waals surface area (Å²) in [6.45, 7) is 5.61. The highest BCUT2D eigenvalue weighted by Crippen LogP contribution is 2.26. The van der Waals surface area contributed by atoms with E-state index in [4.69, 9.17) is 16.7 Å². The number of aliphatic carboxylic acids is 1. The first kappa shape index (κ1) is 17.8. The molecule has 0 aliphatic rings. The highest BCUT2D eigenvalue weighted by atomic mass is 79.9. The van der Waals surface area contributed by atoms with Gasteiger partial charge in [0.25, 0.3) is 0 Å². The summed E-state index contributed by atoms with van der Waals surface area (Å²) in [5, 5.41) is 14.8. The molecule has 0 aliphatic carbocycles. The summed E-state index contributed by atoms with van der Waals surface area (Å²) < 4.78 is 0.688. The summed E-state index contributed by atoms with van der Waals surface area (Å²) in [5.41, 5.74) is 0.143. The van der Waals surface area contributed by atoms with E-state index in [0.29, 0.717) is 15.2 Å². The number of nitrogens with one attached hydrogen (secondary N) is 2. The second kappa shape index (κ2) is 7.13. The van der Waals surface area contributed by atoms with E-state index >= 15 is 0 Å². The lowest BCUT2D eigenvalue weighted by atomic mass is 9.85. The van der Waals surface area contributed by atoms with Crippen molar-refractivity contribution < 1.29 is 14.7 Å². The van der Waals surface area contributed by atoms with E-state index in [9.17, 15) is 9.59 Å². The number of benzene rings is 1. The zero-order chi connectivity index (χ0) is 16.2. The number of carboxylic acids is 1. The van der Waals surface area contributed by atoms with Gasteiger partial charge in [-0.2, -0.15) is 0 Å². The van der Waals surface area contributed by atoms with Gasteiger partial charge in [0.2, 0.25) is 0 Å².